The van der Waals surface area contributed by atoms with Crippen LogP contribution in [-0.4, -0.2) is 31.6 Å². The molecule has 0 aromatic heterocycles. The molecule has 3 nitrogen and oxygen atoms in total. The van der Waals surface area contributed by atoms with Crippen LogP contribution in [0.3, 0.4) is 0 Å². The Morgan fingerprint density at radius 3 is 2.55 bits per heavy atom. The second kappa shape index (κ2) is 5.44. The van der Waals surface area contributed by atoms with Crippen LogP contribution in [0.15, 0.2) is 29.3 Å². The maximum absolute atomic E-state index is 14.0. The lowest BCUT2D eigenvalue weighted by molar-refractivity contribution is -0.120. The highest BCUT2D eigenvalue weighted by Gasteiger charge is 2.50. The van der Waals surface area contributed by atoms with Crippen LogP contribution in [0.5, 0.6) is 0 Å². The maximum atomic E-state index is 14.0. The van der Waals surface area contributed by atoms with Crippen molar-refractivity contribution >= 4 is 5.90 Å². The Bertz CT molecular complexity index is 521. The molecule has 1 heterocycles. The highest BCUT2D eigenvalue weighted by Crippen LogP contribution is 2.39. The minimum Gasteiger partial charge on any atom is -0.469 e. The van der Waals surface area contributed by atoms with Gasteiger partial charge in [0.1, 0.15) is 17.5 Å². The Balaban J connectivity index is 2.56. The number of nitrogens with zero attached hydrogens (tertiary/aromatic N) is 1. The van der Waals surface area contributed by atoms with E-state index in [0.29, 0.717) is 0 Å². The van der Waals surface area contributed by atoms with Gasteiger partial charge in [0.05, 0.1) is 0 Å². The fourth-order valence-electron chi connectivity index (χ4n) is 2.63. The molecule has 1 aliphatic rings. The molecule has 0 radical (unpaired) electrons. The Kier molecular flexibility index (Phi) is 4.04. The topological polar surface area (TPSA) is 30.8 Å². The molecule has 0 amide bonds. The molecule has 1 aromatic rings. The molecule has 6 heteroatoms. The number of methoxy groups -OCH3 is 1. The van der Waals surface area contributed by atoms with E-state index in [9.17, 15) is 13.2 Å². The molecular formula is C14H16F3NO2. The van der Waals surface area contributed by atoms with E-state index in [1.807, 2.05) is 0 Å². The van der Waals surface area contributed by atoms with Crippen LogP contribution in [0.25, 0.3) is 0 Å². The van der Waals surface area contributed by atoms with Crippen molar-refractivity contribution in [2.24, 2.45) is 4.99 Å². The third kappa shape index (κ3) is 2.40. The molecule has 0 bridgehead atoms. The number of halogens is 3. The molecule has 1 aromatic carbocycles. The van der Waals surface area contributed by atoms with Crippen LogP contribution in [0, 0.1) is 5.82 Å². The molecule has 0 fully saturated rings. The van der Waals surface area contributed by atoms with Crippen molar-refractivity contribution in [1.29, 1.82) is 0 Å². The van der Waals surface area contributed by atoms with E-state index in [-0.39, 0.29) is 11.5 Å². The fourth-order valence-corrected chi connectivity index (χ4v) is 2.63. The molecular weight excluding hydrogens is 271 g/mol. The van der Waals surface area contributed by atoms with Crippen LogP contribution < -0.4 is 0 Å². The molecule has 110 valence electrons. The molecule has 2 rings (SSSR count). The average molecular weight is 287 g/mol. The molecule has 0 saturated carbocycles. The van der Waals surface area contributed by atoms with Gasteiger partial charge in [0.15, 0.2) is 12.0 Å². The van der Waals surface area contributed by atoms with Crippen LogP contribution >= 0.6 is 0 Å². The molecule has 0 spiro atoms. The first kappa shape index (κ1) is 14.8. The summed E-state index contributed by atoms with van der Waals surface area (Å²) in [5, 5.41) is 0. The summed E-state index contributed by atoms with van der Waals surface area (Å²) in [6.07, 6.45) is -5.32. The van der Waals surface area contributed by atoms with E-state index in [1.54, 1.807) is 13.0 Å². The van der Waals surface area contributed by atoms with Gasteiger partial charge in [-0.2, -0.15) is 0 Å². The third-order valence-corrected chi connectivity index (χ3v) is 3.47. The zero-order chi connectivity index (χ0) is 14.9. The molecule has 0 aliphatic carbocycles. The summed E-state index contributed by atoms with van der Waals surface area (Å²) < 4.78 is 50.5. The number of hydrogen-bond acceptors (Lipinski definition) is 3. The Morgan fingerprint density at radius 1 is 1.35 bits per heavy atom. The van der Waals surface area contributed by atoms with E-state index in [4.69, 9.17) is 9.47 Å². The summed E-state index contributed by atoms with van der Waals surface area (Å²) in [5.74, 6) is -0.419. The summed E-state index contributed by atoms with van der Waals surface area (Å²) in [4.78, 5) is 4.23. The molecule has 0 saturated heterocycles. The van der Waals surface area contributed by atoms with Gasteiger partial charge < -0.3 is 9.47 Å². The second-order valence-corrected chi connectivity index (χ2v) is 4.83. The number of benzene rings is 1. The average Bonchev–Trinajstić information content (AvgIpc) is 2.38. The molecule has 20 heavy (non-hydrogen) atoms. The molecule has 3 atom stereocenters. The standard InChI is InChI=1S/C14H16F3NO2/c1-8-18-14(2,9-6-4-5-7-10(9)15)12(19-3)11(20-8)13(16)17/h4-7,11-13H,1-3H3/t11-,12-,14+/m0/s1. The van der Waals surface area contributed by atoms with Gasteiger partial charge in [-0.1, -0.05) is 18.2 Å². The van der Waals surface area contributed by atoms with Crippen LogP contribution in [0.1, 0.15) is 19.4 Å². The van der Waals surface area contributed by atoms with E-state index in [2.05, 4.69) is 4.99 Å². The van der Waals surface area contributed by atoms with Crippen LogP contribution in [-0.2, 0) is 15.0 Å². The molecule has 1 aliphatic heterocycles. The smallest absolute Gasteiger partial charge is 0.277 e. The fraction of sp³-hybridized carbons (Fsp3) is 0.500. The number of ether oxygens (including phenoxy) is 2. The zero-order valence-electron chi connectivity index (χ0n) is 11.4. The number of hydrogen-bond donors (Lipinski definition) is 0. The Morgan fingerprint density at radius 2 is 2.00 bits per heavy atom. The van der Waals surface area contributed by atoms with Gasteiger partial charge in [0.2, 0.25) is 0 Å². The van der Waals surface area contributed by atoms with Gasteiger partial charge in [0, 0.05) is 19.6 Å². The van der Waals surface area contributed by atoms with Crippen molar-refractivity contribution in [3.05, 3.63) is 35.6 Å². The summed E-state index contributed by atoms with van der Waals surface area (Å²) in [7, 11) is 1.29. The lowest BCUT2D eigenvalue weighted by atomic mass is 9.82. The lowest BCUT2D eigenvalue weighted by Gasteiger charge is -2.41. The third-order valence-electron chi connectivity index (χ3n) is 3.47. The second-order valence-electron chi connectivity index (χ2n) is 4.83. The highest BCUT2D eigenvalue weighted by atomic mass is 19.3. The lowest BCUT2D eigenvalue weighted by Crippen LogP contribution is -2.53. The van der Waals surface area contributed by atoms with E-state index < -0.39 is 30.0 Å². The van der Waals surface area contributed by atoms with E-state index >= 15 is 0 Å². The number of aliphatic imine (C=N–C) groups is 1. The predicted octanol–water partition coefficient (Wildman–Crippen LogP) is 3.14. The Labute approximate surface area is 115 Å². The minimum absolute atomic E-state index is 0.0920. The quantitative estimate of drug-likeness (QED) is 0.855. The first-order valence-corrected chi connectivity index (χ1v) is 6.19. The van der Waals surface area contributed by atoms with Crippen molar-refractivity contribution in [3.8, 4) is 0 Å². The van der Waals surface area contributed by atoms with Gasteiger partial charge in [-0.05, 0) is 13.0 Å². The first-order valence-electron chi connectivity index (χ1n) is 6.19. The highest BCUT2D eigenvalue weighted by molar-refractivity contribution is 5.75. The van der Waals surface area contributed by atoms with E-state index in [0.717, 1.165) is 0 Å². The van der Waals surface area contributed by atoms with E-state index in [1.165, 1.54) is 32.2 Å². The number of alkyl halides is 2. The van der Waals surface area contributed by atoms with Gasteiger partial charge in [-0.15, -0.1) is 0 Å². The largest absolute Gasteiger partial charge is 0.469 e. The summed E-state index contributed by atoms with van der Waals surface area (Å²) in [6, 6.07) is 5.95. The van der Waals surface area contributed by atoms with Gasteiger partial charge in [-0.25, -0.2) is 18.2 Å². The monoisotopic (exact) mass is 287 g/mol. The van der Waals surface area contributed by atoms with Crippen LogP contribution in [0.4, 0.5) is 13.2 Å². The predicted molar refractivity (Wildman–Crippen MR) is 68.5 cm³/mol. The van der Waals surface area contributed by atoms with Crippen molar-refractivity contribution in [3.63, 3.8) is 0 Å². The van der Waals surface area contributed by atoms with Crippen molar-refractivity contribution < 1.29 is 22.6 Å². The SMILES string of the molecule is CO[C@H]1[C@@H](C(F)F)OC(C)=N[C@]1(C)c1ccccc1F. The summed E-state index contributed by atoms with van der Waals surface area (Å²) in [6.45, 7) is 3.04. The molecule has 0 N–H and O–H groups in total. The van der Waals surface area contributed by atoms with Gasteiger partial charge in [-0.3, -0.25) is 0 Å². The van der Waals surface area contributed by atoms with Crippen molar-refractivity contribution in [2.45, 2.75) is 38.0 Å². The first-order chi connectivity index (χ1) is 9.40. The molecule has 0 unspecified atom stereocenters. The summed E-state index contributed by atoms with van der Waals surface area (Å²) >= 11 is 0. The Hall–Kier alpha value is -1.56. The zero-order valence-corrected chi connectivity index (χ0v) is 11.4. The van der Waals surface area contributed by atoms with Gasteiger partial charge >= 0.3 is 0 Å². The van der Waals surface area contributed by atoms with Gasteiger partial charge in [0.25, 0.3) is 6.43 Å². The number of rotatable bonds is 3. The minimum atomic E-state index is -2.75. The normalized spacial score (nSPS) is 30.1. The maximum Gasteiger partial charge on any atom is 0.277 e. The van der Waals surface area contributed by atoms with Crippen molar-refractivity contribution in [1.82, 2.24) is 0 Å². The van der Waals surface area contributed by atoms with Crippen LogP contribution in [0.2, 0.25) is 0 Å². The van der Waals surface area contributed by atoms with Crippen molar-refractivity contribution in [2.75, 3.05) is 7.11 Å². The summed E-state index contributed by atoms with van der Waals surface area (Å²) in [5.41, 5.74) is -1.05.